The Kier molecular flexibility index (Phi) is 3.65. The highest BCUT2D eigenvalue weighted by atomic mass is 35.5. The zero-order valence-electron chi connectivity index (χ0n) is 10.0. The van der Waals surface area contributed by atoms with Crippen molar-refractivity contribution in [1.82, 2.24) is 9.71 Å². The number of thiophene rings is 1. The smallest absolute Gasteiger partial charge is 0.304 e. The van der Waals surface area contributed by atoms with Crippen molar-refractivity contribution < 1.29 is 4.84 Å². The van der Waals surface area contributed by atoms with Gasteiger partial charge in [-0.05, 0) is 23.6 Å². The van der Waals surface area contributed by atoms with Gasteiger partial charge in [0.25, 0.3) is 0 Å². The van der Waals surface area contributed by atoms with Crippen LogP contribution in [0.15, 0.2) is 40.8 Å². The summed E-state index contributed by atoms with van der Waals surface area (Å²) < 4.78 is 1.65. The fourth-order valence-corrected chi connectivity index (χ4v) is 3.00. The topological polar surface area (TPSA) is 44.1 Å². The molecule has 20 heavy (non-hydrogen) atoms. The van der Waals surface area contributed by atoms with Crippen LogP contribution in [0.1, 0.15) is 5.56 Å². The number of rotatable bonds is 3. The Hall–Kier alpha value is -1.56. The standard InChI is InChI=1S/C13H8Cl2N2O2S/c14-9-2-1-3-10(15)8(9)6-19-17-7-16-11-4-5-20-12(11)13(17)18/h1-5,7H,6H2. The largest absolute Gasteiger partial charge is 0.404 e. The molecule has 2 aromatic heterocycles. The van der Waals surface area contributed by atoms with E-state index >= 15 is 0 Å². The van der Waals surface area contributed by atoms with Gasteiger partial charge >= 0.3 is 5.56 Å². The molecule has 3 aromatic rings. The molecule has 7 heteroatoms. The number of hydrogen-bond acceptors (Lipinski definition) is 4. The predicted octanol–water partition coefficient (Wildman–Crippen LogP) is 3.39. The average Bonchev–Trinajstić information content (AvgIpc) is 2.89. The van der Waals surface area contributed by atoms with E-state index in [-0.39, 0.29) is 12.2 Å². The van der Waals surface area contributed by atoms with Crippen LogP contribution < -0.4 is 10.4 Å². The maximum Gasteiger partial charge on any atom is 0.304 e. The highest BCUT2D eigenvalue weighted by Gasteiger charge is 2.09. The number of aromatic nitrogens is 2. The summed E-state index contributed by atoms with van der Waals surface area (Å²) in [5, 5.41) is 2.81. The lowest BCUT2D eigenvalue weighted by Gasteiger charge is -2.10. The molecule has 2 heterocycles. The number of nitrogens with zero attached hydrogens (tertiary/aromatic N) is 2. The predicted molar refractivity (Wildman–Crippen MR) is 80.6 cm³/mol. The molecular formula is C13H8Cl2N2O2S. The molecule has 0 atom stereocenters. The summed E-state index contributed by atoms with van der Waals surface area (Å²) in [5.74, 6) is 0. The van der Waals surface area contributed by atoms with Gasteiger partial charge in [0.15, 0.2) is 0 Å². The number of fused-ring (bicyclic) bond motifs is 1. The Balaban J connectivity index is 1.91. The molecule has 4 nitrogen and oxygen atoms in total. The zero-order valence-corrected chi connectivity index (χ0v) is 12.4. The molecular weight excluding hydrogens is 319 g/mol. The molecule has 1 aromatic carbocycles. The van der Waals surface area contributed by atoms with E-state index in [1.165, 1.54) is 17.7 Å². The van der Waals surface area contributed by atoms with Crippen LogP contribution in [0.25, 0.3) is 10.2 Å². The molecule has 3 rings (SSSR count). The quantitative estimate of drug-likeness (QED) is 0.741. The Morgan fingerprint density at radius 2 is 2.00 bits per heavy atom. The van der Waals surface area contributed by atoms with E-state index < -0.39 is 0 Å². The van der Waals surface area contributed by atoms with Gasteiger partial charge in [-0.2, -0.15) is 0 Å². The molecule has 0 radical (unpaired) electrons. The third-order valence-corrected chi connectivity index (χ3v) is 4.35. The van der Waals surface area contributed by atoms with Crippen molar-refractivity contribution in [3.8, 4) is 0 Å². The molecule has 0 unspecified atom stereocenters. The summed E-state index contributed by atoms with van der Waals surface area (Å²) >= 11 is 13.4. The summed E-state index contributed by atoms with van der Waals surface area (Å²) in [5.41, 5.74) is 1.05. The number of benzene rings is 1. The molecule has 0 aliphatic carbocycles. The van der Waals surface area contributed by atoms with Crippen LogP contribution in [-0.4, -0.2) is 9.71 Å². The summed E-state index contributed by atoms with van der Waals surface area (Å²) in [6.07, 6.45) is 1.35. The maximum atomic E-state index is 12.1. The fourth-order valence-electron chi connectivity index (χ4n) is 1.73. The van der Waals surface area contributed by atoms with Crippen LogP contribution in [0.4, 0.5) is 0 Å². The lowest BCUT2D eigenvalue weighted by molar-refractivity contribution is 0.0882. The van der Waals surface area contributed by atoms with Crippen LogP contribution in [0, 0.1) is 0 Å². The van der Waals surface area contributed by atoms with Crippen molar-refractivity contribution in [1.29, 1.82) is 0 Å². The first-order valence-electron chi connectivity index (χ1n) is 5.68. The van der Waals surface area contributed by atoms with Gasteiger partial charge < -0.3 is 4.84 Å². The molecule has 102 valence electrons. The van der Waals surface area contributed by atoms with Gasteiger partial charge in [0.1, 0.15) is 17.6 Å². The second-order valence-electron chi connectivity index (χ2n) is 3.98. The van der Waals surface area contributed by atoms with Crippen LogP contribution in [0.3, 0.4) is 0 Å². The van der Waals surface area contributed by atoms with Gasteiger partial charge in [-0.1, -0.05) is 29.3 Å². The van der Waals surface area contributed by atoms with E-state index in [2.05, 4.69) is 4.98 Å². The summed E-state index contributed by atoms with van der Waals surface area (Å²) in [6, 6.07) is 6.97. The molecule has 0 bridgehead atoms. The summed E-state index contributed by atoms with van der Waals surface area (Å²) in [7, 11) is 0. The zero-order chi connectivity index (χ0) is 14.1. The lowest BCUT2D eigenvalue weighted by Crippen LogP contribution is -2.26. The van der Waals surface area contributed by atoms with Crippen LogP contribution in [0.5, 0.6) is 0 Å². The van der Waals surface area contributed by atoms with Crippen molar-refractivity contribution in [2.45, 2.75) is 6.61 Å². The average molecular weight is 327 g/mol. The van der Waals surface area contributed by atoms with Gasteiger partial charge in [-0.3, -0.25) is 4.79 Å². The van der Waals surface area contributed by atoms with E-state index in [4.69, 9.17) is 28.0 Å². The third-order valence-electron chi connectivity index (χ3n) is 2.75. The number of hydrogen-bond donors (Lipinski definition) is 0. The Morgan fingerprint density at radius 1 is 1.25 bits per heavy atom. The molecule has 0 saturated heterocycles. The van der Waals surface area contributed by atoms with E-state index in [0.717, 1.165) is 4.73 Å². The highest BCUT2D eigenvalue weighted by molar-refractivity contribution is 7.17. The van der Waals surface area contributed by atoms with Gasteiger partial charge in [0.2, 0.25) is 0 Å². The molecule has 0 fully saturated rings. The van der Waals surface area contributed by atoms with Gasteiger partial charge in [-0.15, -0.1) is 16.1 Å². The third kappa shape index (κ3) is 2.40. The minimum absolute atomic E-state index is 0.0942. The van der Waals surface area contributed by atoms with E-state index in [1.54, 1.807) is 24.3 Å². The van der Waals surface area contributed by atoms with Crippen molar-refractivity contribution in [2.75, 3.05) is 0 Å². The second-order valence-corrected chi connectivity index (χ2v) is 5.71. The van der Waals surface area contributed by atoms with E-state index in [0.29, 0.717) is 25.8 Å². The van der Waals surface area contributed by atoms with E-state index in [1.807, 2.05) is 5.38 Å². The van der Waals surface area contributed by atoms with Crippen LogP contribution in [-0.2, 0) is 6.61 Å². The Labute approximate surface area is 128 Å². The van der Waals surface area contributed by atoms with Gasteiger partial charge in [0.05, 0.1) is 5.52 Å². The molecule has 0 aliphatic rings. The Morgan fingerprint density at radius 3 is 2.75 bits per heavy atom. The first-order valence-corrected chi connectivity index (χ1v) is 7.31. The minimum atomic E-state index is -0.242. The van der Waals surface area contributed by atoms with Crippen molar-refractivity contribution in [3.63, 3.8) is 0 Å². The van der Waals surface area contributed by atoms with Gasteiger partial charge in [0, 0.05) is 15.6 Å². The van der Waals surface area contributed by atoms with E-state index in [9.17, 15) is 4.79 Å². The molecule has 0 N–H and O–H groups in total. The first-order chi connectivity index (χ1) is 9.66. The van der Waals surface area contributed by atoms with Crippen molar-refractivity contribution in [3.05, 3.63) is 61.9 Å². The van der Waals surface area contributed by atoms with Crippen molar-refractivity contribution >= 4 is 44.8 Å². The minimum Gasteiger partial charge on any atom is -0.404 e. The monoisotopic (exact) mass is 326 g/mol. The fraction of sp³-hybridized carbons (Fsp3) is 0.0769. The van der Waals surface area contributed by atoms with Crippen LogP contribution >= 0.6 is 34.5 Å². The molecule has 0 amide bonds. The number of halogens is 2. The maximum absolute atomic E-state index is 12.1. The van der Waals surface area contributed by atoms with Gasteiger partial charge in [-0.25, -0.2) is 4.98 Å². The summed E-state index contributed by atoms with van der Waals surface area (Å²) in [6.45, 7) is 0.0942. The van der Waals surface area contributed by atoms with Crippen molar-refractivity contribution in [2.24, 2.45) is 0 Å². The first kappa shape index (κ1) is 13.4. The SMILES string of the molecule is O=c1c2sccc2ncn1OCc1c(Cl)cccc1Cl. The normalized spacial score (nSPS) is 10.9. The molecule has 0 spiro atoms. The Bertz CT molecular complexity index is 808. The highest BCUT2D eigenvalue weighted by Crippen LogP contribution is 2.24. The lowest BCUT2D eigenvalue weighted by atomic mass is 10.2. The summed E-state index contributed by atoms with van der Waals surface area (Å²) in [4.78, 5) is 21.7. The second kappa shape index (κ2) is 5.44. The molecule has 0 saturated carbocycles. The van der Waals surface area contributed by atoms with Crippen LogP contribution in [0.2, 0.25) is 10.0 Å². The molecule has 0 aliphatic heterocycles.